The molecule has 0 aromatic heterocycles. The molecule has 0 fully saturated rings. The number of carbonyl (C=O) groups excluding carboxylic acids is 1. The van der Waals surface area contributed by atoms with Gasteiger partial charge in [0, 0.05) is 17.7 Å². The molecule has 0 spiro atoms. The summed E-state index contributed by atoms with van der Waals surface area (Å²) in [6.07, 6.45) is 3.12. The van der Waals surface area contributed by atoms with Crippen molar-refractivity contribution in [3.05, 3.63) is 87.2 Å². The molecule has 23 heavy (non-hydrogen) atoms. The zero-order chi connectivity index (χ0) is 16.4. The number of hydrogen-bond donors (Lipinski definition) is 0. The van der Waals surface area contributed by atoms with Crippen molar-refractivity contribution in [1.29, 1.82) is 0 Å². The minimum absolute atomic E-state index is 0.0244. The van der Waals surface area contributed by atoms with Gasteiger partial charge in [0.2, 0.25) is 0 Å². The number of rotatable bonds is 3. The van der Waals surface area contributed by atoms with E-state index in [0.717, 1.165) is 0 Å². The molecule has 0 atom stereocenters. The number of nitrogens with zero attached hydrogens (tertiary/aromatic N) is 1. The molecule has 0 bridgehead atoms. The highest BCUT2D eigenvalue weighted by Crippen LogP contribution is 2.27. The zero-order valence-corrected chi connectivity index (χ0v) is 11.7. The number of halogens is 1. The van der Waals surface area contributed by atoms with E-state index in [0.29, 0.717) is 22.5 Å². The minimum Gasteiger partial charge on any atom is -0.422 e. The zero-order valence-electron chi connectivity index (χ0n) is 11.7. The van der Waals surface area contributed by atoms with E-state index in [1.54, 1.807) is 24.3 Å². The first-order chi connectivity index (χ1) is 11.0. The Labute approximate surface area is 130 Å². The van der Waals surface area contributed by atoms with Crippen LogP contribution in [0.25, 0.3) is 11.8 Å². The average Bonchev–Trinajstić information content (AvgIpc) is 2.89. The molecule has 1 heterocycles. The van der Waals surface area contributed by atoms with Crippen molar-refractivity contribution in [3.63, 3.8) is 0 Å². The Kier molecular flexibility index (Phi) is 3.72. The molecule has 2 aromatic rings. The monoisotopic (exact) mass is 311 g/mol. The van der Waals surface area contributed by atoms with Crippen molar-refractivity contribution in [2.45, 2.75) is 0 Å². The van der Waals surface area contributed by atoms with Crippen LogP contribution in [0.15, 0.2) is 60.2 Å². The lowest BCUT2D eigenvalue weighted by Crippen LogP contribution is -1.97. The van der Waals surface area contributed by atoms with E-state index in [4.69, 9.17) is 4.74 Å². The summed E-state index contributed by atoms with van der Waals surface area (Å²) in [6.45, 7) is 0. The maximum absolute atomic E-state index is 12.9. The van der Waals surface area contributed by atoms with Crippen LogP contribution in [0.3, 0.4) is 0 Å². The van der Waals surface area contributed by atoms with Crippen LogP contribution in [0.5, 0.6) is 0 Å². The molecular formula is C17H10FNO4. The van der Waals surface area contributed by atoms with E-state index >= 15 is 0 Å². The van der Waals surface area contributed by atoms with Gasteiger partial charge in [0.05, 0.1) is 10.5 Å². The van der Waals surface area contributed by atoms with Gasteiger partial charge in [-0.3, -0.25) is 10.1 Å². The molecule has 1 aliphatic heterocycles. The van der Waals surface area contributed by atoms with E-state index in [2.05, 4.69) is 0 Å². The van der Waals surface area contributed by atoms with Crippen molar-refractivity contribution in [3.8, 4) is 0 Å². The summed E-state index contributed by atoms with van der Waals surface area (Å²) in [6, 6.07) is 11.4. The number of carbonyl (C=O) groups is 1. The standard InChI is InChI=1S/C17H10FNO4/c18-14-5-3-12(4-6-14)16-10-13(17(20)23-16)9-11-1-7-15(8-2-11)19(21)22/h1-10H/b13-9-. The smallest absolute Gasteiger partial charge is 0.343 e. The Hall–Kier alpha value is -3.28. The first-order valence-corrected chi connectivity index (χ1v) is 6.69. The highest BCUT2D eigenvalue weighted by atomic mass is 19.1. The average molecular weight is 311 g/mol. The highest BCUT2D eigenvalue weighted by Gasteiger charge is 2.22. The Morgan fingerprint density at radius 3 is 2.30 bits per heavy atom. The number of benzene rings is 2. The predicted octanol–water partition coefficient (Wildman–Crippen LogP) is 3.72. The van der Waals surface area contributed by atoms with E-state index in [1.807, 2.05) is 0 Å². The van der Waals surface area contributed by atoms with E-state index in [9.17, 15) is 19.3 Å². The van der Waals surface area contributed by atoms with Gasteiger partial charge in [0.15, 0.2) is 0 Å². The number of hydrogen-bond acceptors (Lipinski definition) is 4. The van der Waals surface area contributed by atoms with Gasteiger partial charge in [-0.05, 0) is 54.1 Å². The number of nitro groups is 1. The van der Waals surface area contributed by atoms with Crippen molar-refractivity contribution in [2.75, 3.05) is 0 Å². The van der Waals surface area contributed by atoms with Crippen LogP contribution < -0.4 is 0 Å². The summed E-state index contributed by atoms with van der Waals surface area (Å²) in [5, 5.41) is 10.6. The quantitative estimate of drug-likeness (QED) is 0.375. The van der Waals surface area contributed by atoms with Crippen LogP contribution in [0, 0.1) is 15.9 Å². The second kappa shape index (κ2) is 5.84. The normalized spacial score (nSPS) is 15.4. The van der Waals surface area contributed by atoms with E-state index in [1.165, 1.54) is 36.4 Å². The Bertz CT molecular complexity index is 836. The summed E-state index contributed by atoms with van der Waals surface area (Å²) in [5.41, 5.74) is 1.52. The fraction of sp³-hybridized carbons (Fsp3) is 0. The lowest BCUT2D eigenvalue weighted by atomic mass is 10.1. The van der Waals surface area contributed by atoms with E-state index in [-0.39, 0.29) is 11.5 Å². The molecule has 114 valence electrons. The Morgan fingerprint density at radius 1 is 1.04 bits per heavy atom. The number of non-ortho nitro benzene ring substituents is 1. The van der Waals surface area contributed by atoms with Crippen molar-refractivity contribution >= 4 is 23.5 Å². The lowest BCUT2D eigenvalue weighted by Gasteiger charge is -2.00. The molecular weight excluding hydrogens is 301 g/mol. The maximum Gasteiger partial charge on any atom is 0.343 e. The molecule has 5 nitrogen and oxygen atoms in total. The van der Waals surface area contributed by atoms with Gasteiger partial charge >= 0.3 is 5.97 Å². The lowest BCUT2D eigenvalue weighted by molar-refractivity contribution is -0.384. The summed E-state index contributed by atoms with van der Waals surface area (Å²) in [4.78, 5) is 22.0. The SMILES string of the molecule is O=C1OC(c2ccc(F)cc2)=C/C1=C/c1ccc([N+](=O)[O-])cc1. The predicted molar refractivity (Wildman–Crippen MR) is 81.5 cm³/mol. The largest absolute Gasteiger partial charge is 0.422 e. The number of ether oxygens (including phenoxy) is 1. The van der Waals surface area contributed by atoms with Gasteiger partial charge < -0.3 is 4.74 Å². The van der Waals surface area contributed by atoms with Crippen molar-refractivity contribution in [2.24, 2.45) is 0 Å². The van der Waals surface area contributed by atoms with Gasteiger partial charge in [-0.15, -0.1) is 0 Å². The maximum atomic E-state index is 12.9. The van der Waals surface area contributed by atoms with Gasteiger partial charge in [-0.25, -0.2) is 9.18 Å². The van der Waals surface area contributed by atoms with Gasteiger partial charge in [-0.1, -0.05) is 0 Å². The molecule has 0 aliphatic carbocycles. The third-order valence-corrected chi connectivity index (χ3v) is 3.28. The molecule has 0 N–H and O–H groups in total. The number of cyclic esters (lactones) is 1. The summed E-state index contributed by atoms with van der Waals surface area (Å²) in [5.74, 6) is -0.564. The third kappa shape index (κ3) is 3.16. The van der Waals surface area contributed by atoms with Gasteiger partial charge in [0.25, 0.3) is 5.69 Å². The Balaban J connectivity index is 1.88. The first kappa shape index (κ1) is 14.6. The molecule has 0 radical (unpaired) electrons. The fourth-order valence-corrected chi connectivity index (χ4v) is 2.12. The summed E-state index contributed by atoms with van der Waals surface area (Å²) < 4.78 is 18.1. The van der Waals surface area contributed by atoms with Gasteiger partial charge in [-0.2, -0.15) is 0 Å². The number of nitro benzene ring substituents is 1. The number of esters is 1. The van der Waals surface area contributed by atoms with Crippen LogP contribution in [-0.2, 0) is 9.53 Å². The van der Waals surface area contributed by atoms with Crippen LogP contribution in [0.4, 0.5) is 10.1 Å². The molecule has 0 saturated heterocycles. The van der Waals surface area contributed by atoms with Crippen LogP contribution in [-0.4, -0.2) is 10.9 Å². The van der Waals surface area contributed by atoms with Crippen molar-refractivity contribution in [1.82, 2.24) is 0 Å². The third-order valence-electron chi connectivity index (χ3n) is 3.28. The van der Waals surface area contributed by atoms with Crippen molar-refractivity contribution < 1.29 is 18.8 Å². The van der Waals surface area contributed by atoms with Crippen LogP contribution in [0.1, 0.15) is 11.1 Å². The first-order valence-electron chi connectivity index (χ1n) is 6.69. The fourth-order valence-electron chi connectivity index (χ4n) is 2.12. The van der Waals surface area contributed by atoms with E-state index < -0.39 is 10.9 Å². The topological polar surface area (TPSA) is 69.4 Å². The molecule has 0 saturated carbocycles. The highest BCUT2D eigenvalue weighted by molar-refractivity contribution is 6.05. The second-order valence-corrected chi connectivity index (χ2v) is 4.85. The second-order valence-electron chi connectivity index (χ2n) is 4.85. The van der Waals surface area contributed by atoms with Gasteiger partial charge in [0.1, 0.15) is 11.6 Å². The molecule has 0 amide bonds. The van der Waals surface area contributed by atoms with Crippen LogP contribution in [0.2, 0.25) is 0 Å². The van der Waals surface area contributed by atoms with Crippen LogP contribution >= 0.6 is 0 Å². The molecule has 6 heteroatoms. The summed E-state index contributed by atoms with van der Waals surface area (Å²) >= 11 is 0. The minimum atomic E-state index is -0.525. The Morgan fingerprint density at radius 2 is 1.70 bits per heavy atom. The molecule has 1 aliphatic rings. The molecule has 2 aromatic carbocycles. The molecule has 0 unspecified atom stereocenters. The summed E-state index contributed by atoms with van der Waals surface area (Å²) in [7, 11) is 0. The molecule has 3 rings (SSSR count).